The van der Waals surface area contributed by atoms with Crippen molar-refractivity contribution >= 4 is 29.2 Å². The molecule has 1 amide bonds. The Kier molecular flexibility index (Phi) is 5.14. The molecule has 20 heavy (non-hydrogen) atoms. The minimum atomic E-state index is -0.705. The number of esters is 1. The number of halogens is 1. The quantitative estimate of drug-likeness (QED) is 0.840. The van der Waals surface area contributed by atoms with E-state index in [1.54, 1.807) is 12.1 Å². The molecular weight excluding hydrogens is 280 g/mol. The van der Waals surface area contributed by atoms with Crippen molar-refractivity contribution in [3.05, 3.63) is 28.8 Å². The molecule has 0 saturated carbocycles. The van der Waals surface area contributed by atoms with Crippen molar-refractivity contribution in [2.45, 2.75) is 26.8 Å². The van der Waals surface area contributed by atoms with Crippen molar-refractivity contribution in [3.63, 3.8) is 0 Å². The maximum Gasteiger partial charge on any atom is 0.340 e. The molecule has 0 spiro atoms. The summed E-state index contributed by atoms with van der Waals surface area (Å²) in [4.78, 5) is 23.8. The van der Waals surface area contributed by atoms with E-state index in [0.29, 0.717) is 10.7 Å². The van der Waals surface area contributed by atoms with Gasteiger partial charge in [0.2, 0.25) is 5.91 Å². The number of ether oxygens (including phenoxy) is 1. The highest BCUT2D eigenvalue weighted by Crippen LogP contribution is 2.23. The Balaban J connectivity index is 3.04. The molecule has 110 valence electrons. The summed E-state index contributed by atoms with van der Waals surface area (Å²) in [6.45, 7) is 5.58. The minimum Gasteiger partial charge on any atom is -0.465 e. The van der Waals surface area contributed by atoms with E-state index in [1.165, 1.54) is 13.2 Å². The normalized spacial score (nSPS) is 12.7. The molecule has 1 atom stereocenters. The zero-order valence-electron chi connectivity index (χ0n) is 12.0. The highest BCUT2D eigenvalue weighted by atomic mass is 35.5. The lowest BCUT2D eigenvalue weighted by Crippen LogP contribution is -2.45. The van der Waals surface area contributed by atoms with E-state index < -0.39 is 12.0 Å². The third-order valence-electron chi connectivity index (χ3n) is 2.86. The maximum absolute atomic E-state index is 12.1. The smallest absolute Gasteiger partial charge is 0.340 e. The summed E-state index contributed by atoms with van der Waals surface area (Å²) in [5, 5.41) is 3.01. The molecule has 5 nitrogen and oxygen atoms in total. The van der Waals surface area contributed by atoms with Gasteiger partial charge in [-0.15, -0.1) is 0 Å². The predicted molar refractivity (Wildman–Crippen MR) is 78.9 cm³/mol. The lowest BCUT2D eigenvalue weighted by atomic mass is 9.87. The van der Waals surface area contributed by atoms with Gasteiger partial charge in [0.25, 0.3) is 0 Å². The van der Waals surface area contributed by atoms with E-state index in [4.69, 9.17) is 17.3 Å². The molecule has 0 saturated heterocycles. The van der Waals surface area contributed by atoms with Gasteiger partial charge < -0.3 is 15.8 Å². The van der Waals surface area contributed by atoms with Gasteiger partial charge in [0, 0.05) is 5.02 Å². The Hall–Kier alpha value is -1.59. The molecule has 0 radical (unpaired) electrons. The number of hydrogen-bond acceptors (Lipinski definition) is 4. The number of carbonyl (C=O) groups is 2. The van der Waals surface area contributed by atoms with Crippen LogP contribution in [0.5, 0.6) is 0 Å². The highest BCUT2D eigenvalue weighted by molar-refractivity contribution is 6.31. The number of nitrogens with one attached hydrogen (secondary N) is 1. The standard InChI is InChI=1S/C14H19ClN2O3/c1-14(2,3)11(16)12(18)17-10-6-5-8(15)7-9(10)13(19)20-4/h5-7,11H,16H2,1-4H3,(H,17,18). The van der Waals surface area contributed by atoms with Gasteiger partial charge in [-0.25, -0.2) is 4.79 Å². The SMILES string of the molecule is COC(=O)c1cc(Cl)ccc1NC(=O)C(N)C(C)(C)C. The van der Waals surface area contributed by atoms with Crippen molar-refractivity contribution in [3.8, 4) is 0 Å². The fraction of sp³-hybridized carbons (Fsp3) is 0.429. The molecule has 0 aliphatic heterocycles. The van der Waals surface area contributed by atoms with Crippen LogP contribution in [-0.2, 0) is 9.53 Å². The Morgan fingerprint density at radius 3 is 2.45 bits per heavy atom. The summed E-state index contributed by atoms with van der Waals surface area (Å²) < 4.78 is 4.66. The molecule has 3 N–H and O–H groups in total. The number of amides is 1. The summed E-state index contributed by atoms with van der Waals surface area (Å²) in [6.07, 6.45) is 0. The summed E-state index contributed by atoms with van der Waals surface area (Å²) in [5.74, 6) is -0.947. The summed E-state index contributed by atoms with van der Waals surface area (Å²) >= 11 is 5.84. The monoisotopic (exact) mass is 298 g/mol. The van der Waals surface area contributed by atoms with Crippen LogP contribution >= 0.6 is 11.6 Å². The second kappa shape index (κ2) is 6.24. The van der Waals surface area contributed by atoms with E-state index in [1.807, 2.05) is 20.8 Å². The van der Waals surface area contributed by atoms with Gasteiger partial charge in [-0.1, -0.05) is 32.4 Å². The third-order valence-corrected chi connectivity index (χ3v) is 3.10. The molecule has 0 bridgehead atoms. The van der Waals surface area contributed by atoms with E-state index in [0.717, 1.165) is 0 Å². The largest absolute Gasteiger partial charge is 0.465 e. The number of rotatable bonds is 3. The van der Waals surface area contributed by atoms with Crippen molar-refractivity contribution in [1.82, 2.24) is 0 Å². The third kappa shape index (κ3) is 3.95. The first-order valence-electron chi connectivity index (χ1n) is 6.11. The highest BCUT2D eigenvalue weighted by Gasteiger charge is 2.28. The van der Waals surface area contributed by atoms with Gasteiger partial charge in [0.15, 0.2) is 0 Å². The Labute approximate surface area is 123 Å². The summed E-state index contributed by atoms with van der Waals surface area (Å²) in [6, 6.07) is 3.85. The van der Waals surface area contributed by atoms with E-state index in [9.17, 15) is 9.59 Å². The second-order valence-electron chi connectivity index (χ2n) is 5.51. The molecule has 6 heteroatoms. The average molecular weight is 299 g/mol. The topological polar surface area (TPSA) is 81.4 Å². The molecular formula is C14H19ClN2O3. The number of hydrogen-bond donors (Lipinski definition) is 2. The van der Waals surface area contributed by atoms with Crippen LogP contribution in [0.15, 0.2) is 18.2 Å². The van der Waals surface area contributed by atoms with Gasteiger partial charge in [0.05, 0.1) is 24.4 Å². The van der Waals surface area contributed by atoms with Gasteiger partial charge >= 0.3 is 5.97 Å². The number of benzene rings is 1. The van der Waals surface area contributed by atoms with Gasteiger partial charge in [-0.3, -0.25) is 4.79 Å². The first kappa shape index (κ1) is 16.5. The zero-order chi connectivity index (χ0) is 15.5. The van der Waals surface area contributed by atoms with Crippen LogP contribution in [0.2, 0.25) is 5.02 Å². The summed E-state index contributed by atoms with van der Waals surface area (Å²) in [7, 11) is 1.26. The molecule has 0 aliphatic carbocycles. The van der Waals surface area contributed by atoms with Crippen molar-refractivity contribution in [1.29, 1.82) is 0 Å². The first-order chi connectivity index (χ1) is 9.16. The van der Waals surface area contributed by atoms with Gasteiger partial charge in [0.1, 0.15) is 0 Å². The molecule has 1 aromatic rings. The Bertz CT molecular complexity index is 524. The van der Waals surface area contributed by atoms with Crippen molar-refractivity contribution in [2.75, 3.05) is 12.4 Å². The van der Waals surface area contributed by atoms with Crippen LogP contribution in [0.3, 0.4) is 0 Å². The predicted octanol–water partition coefficient (Wildman–Crippen LogP) is 2.44. The second-order valence-corrected chi connectivity index (χ2v) is 5.95. The Morgan fingerprint density at radius 1 is 1.35 bits per heavy atom. The van der Waals surface area contributed by atoms with E-state index in [-0.39, 0.29) is 16.9 Å². The van der Waals surface area contributed by atoms with Crippen LogP contribution in [0.4, 0.5) is 5.69 Å². The molecule has 0 aromatic heterocycles. The van der Waals surface area contributed by atoms with Gasteiger partial charge in [-0.05, 0) is 23.6 Å². The van der Waals surface area contributed by atoms with Crippen LogP contribution in [0, 0.1) is 5.41 Å². The van der Waals surface area contributed by atoms with Crippen LogP contribution in [0.25, 0.3) is 0 Å². The number of carbonyl (C=O) groups excluding carboxylic acids is 2. The fourth-order valence-corrected chi connectivity index (χ4v) is 1.68. The van der Waals surface area contributed by atoms with E-state index >= 15 is 0 Å². The van der Waals surface area contributed by atoms with Crippen molar-refractivity contribution < 1.29 is 14.3 Å². The van der Waals surface area contributed by atoms with E-state index in [2.05, 4.69) is 10.1 Å². The first-order valence-corrected chi connectivity index (χ1v) is 6.49. The average Bonchev–Trinajstić information content (AvgIpc) is 2.37. The molecule has 1 aromatic carbocycles. The fourth-order valence-electron chi connectivity index (χ4n) is 1.51. The molecule has 0 aliphatic rings. The molecule has 1 rings (SSSR count). The van der Waals surface area contributed by atoms with Crippen LogP contribution < -0.4 is 11.1 Å². The molecule has 1 unspecified atom stereocenters. The minimum absolute atomic E-state index is 0.189. The van der Waals surface area contributed by atoms with Crippen molar-refractivity contribution in [2.24, 2.45) is 11.1 Å². The summed E-state index contributed by atoms with van der Waals surface area (Å²) in [5.41, 5.74) is 6.00. The molecule has 0 fully saturated rings. The number of methoxy groups -OCH3 is 1. The Morgan fingerprint density at radius 2 is 1.95 bits per heavy atom. The molecule has 0 heterocycles. The van der Waals surface area contributed by atoms with Crippen LogP contribution in [0.1, 0.15) is 31.1 Å². The lowest BCUT2D eigenvalue weighted by Gasteiger charge is -2.26. The van der Waals surface area contributed by atoms with Gasteiger partial charge in [-0.2, -0.15) is 0 Å². The number of anilines is 1. The number of nitrogens with two attached hydrogens (primary N) is 1. The van der Waals surface area contributed by atoms with Crippen LogP contribution in [-0.4, -0.2) is 25.0 Å². The maximum atomic E-state index is 12.1. The lowest BCUT2D eigenvalue weighted by molar-refractivity contribution is -0.119. The zero-order valence-corrected chi connectivity index (χ0v) is 12.7.